The molecule has 0 unspecified atom stereocenters. The number of amides is 1. The highest BCUT2D eigenvalue weighted by Gasteiger charge is 2.26. The van der Waals surface area contributed by atoms with Crippen LogP contribution in [0.1, 0.15) is 30.0 Å². The molecule has 0 bridgehead atoms. The lowest BCUT2D eigenvalue weighted by Crippen LogP contribution is -2.36. The van der Waals surface area contributed by atoms with E-state index in [0.29, 0.717) is 11.6 Å². The molecule has 27 heavy (non-hydrogen) atoms. The molecule has 0 spiro atoms. The van der Waals surface area contributed by atoms with Crippen LogP contribution in [0.2, 0.25) is 0 Å². The van der Waals surface area contributed by atoms with Gasteiger partial charge in [0.05, 0.1) is 6.04 Å². The topological polar surface area (TPSA) is 68.5 Å². The molecular formula is C21H21N3O3. The summed E-state index contributed by atoms with van der Waals surface area (Å²) in [5, 5.41) is 7.53. The Hall–Kier alpha value is -3.15. The summed E-state index contributed by atoms with van der Waals surface area (Å²) in [7, 11) is 1.86. The van der Waals surface area contributed by atoms with E-state index in [2.05, 4.69) is 28.4 Å². The smallest absolute Gasteiger partial charge is 0.260 e. The first kappa shape index (κ1) is 17.3. The molecule has 138 valence electrons. The number of hydrogen-bond donors (Lipinski definition) is 0. The van der Waals surface area contributed by atoms with Gasteiger partial charge in [-0.3, -0.25) is 4.79 Å². The van der Waals surface area contributed by atoms with Gasteiger partial charge in [0, 0.05) is 12.6 Å². The Balaban J connectivity index is 1.38. The number of carbonyl (C=O) groups excluding carboxylic acids is 1. The third-order valence-electron chi connectivity index (χ3n) is 5.02. The first-order chi connectivity index (χ1) is 13.2. The third kappa shape index (κ3) is 3.69. The average Bonchev–Trinajstić information content (AvgIpc) is 3.26. The first-order valence-electron chi connectivity index (χ1n) is 9.05. The van der Waals surface area contributed by atoms with Crippen LogP contribution >= 0.6 is 0 Å². The van der Waals surface area contributed by atoms with Crippen LogP contribution in [0.4, 0.5) is 0 Å². The SMILES string of the molecule is CN(C(=O)COc1ccc(-c2nnco2)cc1)[C@H]1CCCc2ccccc21. The van der Waals surface area contributed by atoms with Crippen LogP contribution in [-0.2, 0) is 11.2 Å². The second-order valence-corrected chi connectivity index (χ2v) is 6.67. The Kier molecular flexibility index (Phi) is 4.87. The van der Waals surface area contributed by atoms with E-state index < -0.39 is 0 Å². The van der Waals surface area contributed by atoms with Gasteiger partial charge in [0.1, 0.15) is 5.75 Å². The van der Waals surface area contributed by atoms with E-state index in [-0.39, 0.29) is 18.6 Å². The molecule has 0 saturated carbocycles. The minimum atomic E-state index is -0.0299. The summed E-state index contributed by atoms with van der Waals surface area (Å²) in [5.41, 5.74) is 3.40. The van der Waals surface area contributed by atoms with Gasteiger partial charge in [-0.15, -0.1) is 10.2 Å². The summed E-state index contributed by atoms with van der Waals surface area (Å²) < 4.78 is 10.8. The minimum absolute atomic E-state index is 0.00900. The number of aryl methyl sites for hydroxylation is 1. The van der Waals surface area contributed by atoms with Crippen LogP contribution in [0.15, 0.2) is 59.3 Å². The van der Waals surface area contributed by atoms with Crippen molar-refractivity contribution in [1.82, 2.24) is 15.1 Å². The lowest BCUT2D eigenvalue weighted by Gasteiger charge is -2.33. The van der Waals surface area contributed by atoms with Crippen molar-refractivity contribution in [3.05, 3.63) is 66.1 Å². The highest BCUT2D eigenvalue weighted by molar-refractivity contribution is 5.78. The monoisotopic (exact) mass is 363 g/mol. The Bertz CT molecular complexity index is 907. The fourth-order valence-corrected chi connectivity index (χ4v) is 3.54. The third-order valence-corrected chi connectivity index (χ3v) is 5.02. The molecule has 3 aromatic rings. The predicted molar refractivity (Wildman–Crippen MR) is 100 cm³/mol. The molecule has 6 nitrogen and oxygen atoms in total. The normalized spacial score (nSPS) is 15.8. The molecule has 0 radical (unpaired) electrons. The van der Waals surface area contributed by atoms with Crippen LogP contribution in [0.5, 0.6) is 5.75 Å². The second-order valence-electron chi connectivity index (χ2n) is 6.67. The Morgan fingerprint density at radius 2 is 2.04 bits per heavy atom. The molecule has 1 aromatic heterocycles. The van der Waals surface area contributed by atoms with E-state index in [9.17, 15) is 4.79 Å². The number of nitrogens with zero attached hydrogens (tertiary/aromatic N) is 3. The number of ether oxygens (including phenoxy) is 1. The van der Waals surface area contributed by atoms with Crippen LogP contribution in [0.3, 0.4) is 0 Å². The Morgan fingerprint density at radius 1 is 1.22 bits per heavy atom. The number of fused-ring (bicyclic) bond motifs is 1. The van der Waals surface area contributed by atoms with Gasteiger partial charge in [-0.1, -0.05) is 24.3 Å². The molecule has 4 rings (SSSR count). The van der Waals surface area contributed by atoms with Crippen molar-refractivity contribution < 1.29 is 13.9 Å². The van der Waals surface area contributed by atoms with Crippen LogP contribution in [0.25, 0.3) is 11.5 Å². The van der Waals surface area contributed by atoms with E-state index in [0.717, 1.165) is 24.8 Å². The van der Waals surface area contributed by atoms with Gasteiger partial charge in [0.2, 0.25) is 12.3 Å². The van der Waals surface area contributed by atoms with Crippen molar-refractivity contribution in [2.75, 3.05) is 13.7 Å². The summed E-state index contributed by atoms with van der Waals surface area (Å²) in [6.07, 6.45) is 4.45. The number of hydrogen-bond acceptors (Lipinski definition) is 5. The van der Waals surface area contributed by atoms with Gasteiger partial charge in [0.25, 0.3) is 5.91 Å². The van der Waals surface area contributed by atoms with Gasteiger partial charge < -0.3 is 14.1 Å². The van der Waals surface area contributed by atoms with Crippen LogP contribution in [-0.4, -0.2) is 34.7 Å². The van der Waals surface area contributed by atoms with Crippen molar-refractivity contribution in [3.63, 3.8) is 0 Å². The van der Waals surface area contributed by atoms with E-state index in [1.807, 2.05) is 30.1 Å². The predicted octanol–water partition coefficient (Wildman–Crippen LogP) is 3.65. The summed E-state index contributed by atoms with van der Waals surface area (Å²) in [6, 6.07) is 15.7. The zero-order valence-electron chi connectivity index (χ0n) is 15.2. The highest BCUT2D eigenvalue weighted by Crippen LogP contribution is 2.33. The largest absolute Gasteiger partial charge is 0.484 e. The van der Waals surface area contributed by atoms with Crippen LogP contribution < -0.4 is 4.74 Å². The Morgan fingerprint density at radius 3 is 2.81 bits per heavy atom. The standard InChI is InChI=1S/C21H21N3O3/c1-24(19-8-4-6-15-5-2-3-7-18(15)19)20(25)13-26-17-11-9-16(10-12-17)21-23-22-14-27-21/h2-3,5,7,9-12,14,19H,4,6,8,13H2,1H3/t19-/m0/s1. The summed E-state index contributed by atoms with van der Waals surface area (Å²) in [4.78, 5) is 14.5. The van der Waals surface area contributed by atoms with Gasteiger partial charge in [-0.2, -0.15) is 0 Å². The van der Waals surface area contributed by atoms with Gasteiger partial charge in [-0.25, -0.2) is 0 Å². The maximum Gasteiger partial charge on any atom is 0.260 e. The van der Waals surface area contributed by atoms with E-state index >= 15 is 0 Å². The lowest BCUT2D eigenvalue weighted by molar-refractivity contribution is -0.134. The minimum Gasteiger partial charge on any atom is -0.484 e. The number of rotatable bonds is 5. The molecule has 1 heterocycles. The summed E-state index contributed by atoms with van der Waals surface area (Å²) >= 11 is 0. The molecule has 0 fully saturated rings. The van der Waals surface area contributed by atoms with Crippen molar-refractivity contribution in [2.24, 2.45) is 0 Å². The van der Waals surface area contributed by atoms with E-state index in [4.69, 9.17) is 9.15 Å². The zero-order chi connectivity index (χ0) is 18.6. The molecule has 1 atom stereocenters. The highest BCUT2D eigenvalue weighted by atomic mass is 16.5. The molecule has 1 aliphatic carbocycles. The number of likely N-dealkylation sites (N-methyl/N-ethyl adjacent to an activating group) is 1. The van der Waals surface area contributed by atoms with Crippen LogP contribution in [0, 0.1) is 0 Å². The fourth-order valence-electron chi connectivity index (χ4n) is 3.54. The van der Waals surface area contributed by atoms with Crippen molar-refractivity contribution in [1.29, 1.82) is 0 Å². The van der Waals surface area contributed by atoms with Crippen molar-refractivity contribution in [2.45, 2.75) is 25.3 Å². The van der Waals surface area contributed by atoms with Gasteiger partial charge in [0.15, 0.2) is 6.61 Å². The molecule has 0 N–H and O–H groups in total. The second kappa shape index (κ2) is 7.61. The maximum atomic E-state index is 12.6. The number of carbonyl (C=O) groups is 1. The zero-order valence-corrected chi connectivity index (χ0v) is 15.2. The summed E-state index contributed by atoms with van der Waals surface area (Å²) in [6.45, 7) is 0.00900. The molecule has 0 saturated heterocycles. The van der Waals surface area contributed by atoms with Crippen molar-refractivity contribution in [3.8, 4) is 17.2 Å². The first-order valence-corrected chi connectivity index (χ1v) is 9.05. The van der Waals surface area contributed by atoms with Crippen molar-refractivity contribution >= 4 is 5.91 Å². The Labute approximate surface area is 157 Å². The average molecular weight is 363 g/mol. The molecule has 1 aliphatic rings. The molecule has 0 aliphatic heterocycles. The summed E-state index contributed by atoms with van der Waals surface area (Å²) in [5.74, 6) is 1.05. The number of benzene rings is 2. The number of aromatic nitrogens is 2. The maximum absolute atomic E-state index is 12.6. The van der Waals surface area contributed by atoms with E-state index in [1.54, 1.807) is 12.1 Å². The molecule has 6 heteroatoms. The fraction of sp³-hybridized carbons (Fsp3) is 0.286. The van der Waals surface area contributed by atoms with E-state index in [1.165, 1.54) is 17.5 Å². The molecule has 1 amide bonds. The molecule has 2 aromatic carbocycles. The van der Waals surface area contributed by atoms with Gasteiger partial charge >= 0.3 is 0 Å². The molecular weight excluding hydrogens is 342 g/mol. The quantitative estimate of drug-likeness (QED) is 0.692. The lowest BCUT2D eigenvalue weighted by atomic mass is 9.87. The van der Waals surface area contributed by atoms with Gasteiger partial charge in [-0.05, 0) is 54.7 Å².